The number of anilines is 1. The third-order valence-electron chi connectivity index (χ3n) is 4.49. The number of carbonyl (C=O) groups excluding carboxylic acids is 1. The van der Waals surface area contributed by atoms with Gasteiger partial charge < -0.3 is 10.4 Å². The van der Waals surface area contributed by atoms with Crippen molar-refractivity contribution in [2.75, 3.05) is 18.4 Å². The van der Waals surface area contributed by atoms with Crippen LogP contribution in [-0.4, -0.2) is 36.8 Å². The van der Waals surface area contributed by atoms with E-state index in [9.17, 15) is 18.3 Å². The number of piperidine rings is 1. The summed E-state index contributed by atoms with van der Waals surface area (Å²) < 4.78 is 27.4. The molecule has 26 heavy (non-hydrogen) atoms. The quantitative estimate of drug-likeness (QED) is 0.861. The largest absolute Gasteiger partial charge is 0.508 e. The fourth-order valence-corrected chi connectivity index (χ4v) is 4.82. The Morgan fingerprint density at radius 3 is 2.50 bits per heavy atom. The van der Waals surface area contributed by atoms with Crippen LogP contribution in [0.3, 0.4) is 0 Å². The van der Waals surface area contributed by atoms with Gasteiger partial charge in [-0.1, -0.05) is 18.6 Å². The molecule has 1 aliphatic heterocycles. The van der Waals surface area contributed by atoms with Crippen LogP contribution in [-0.2, 0) is 10.0 Å². The molecule has 1 fully saturated rings. The van der Waals surface area contributed by atoms with Gasteiger partial charge in [0.05, 0.1) is 4.90 Å². The number of hydrogen-bond donors (Lipinski definition) is 2. The first kappa shape index (κ1) is 18.4. The van der Waals surface area contributed by atoms with E-state index < -0.39 is 15.9 Å². The van der Waals surface area contributed by atoms with Crippen LogP contribution in [0.2, 0.25) is 0 Å². The van der Waals surface area contributed by atoms with Crippen LogP contribution in [0.5, 0.6) is 5.75 Å². The number of amides is 1. The van der Waals surface area contributed by atoms with Gasteiger partial charge in [-0.3, -0.25) is 4.79 Å². The highest BCUT2D eigenvalue weighted by atomic mass is 32.2. The van der Waals surface area contributed by atoms with Crippen LogP contribution in [0.1, 0.15) is 35.2 Å². The first-order valence-electron chi connectivity index (χ1n) is 8.59. The summed E-state index contributed by atoms with van der Waals surface area (Å²) in [6, 6.07) is 10.9. The molecule has 0 radical (unpaired) electrons. The molecule has 2 aromatic carbocycles. The number of nitrogens with zero attached hydrogens (tertiary/aromatic N) is 1. The minimum absolute atomic E-state index is 0.0417. The number of carbonyl (C=O) groups is 1. The molecule has 2 N–H and O–H groups in total. The topological polar surface area (TPSA) is 86.7 Å². The van der Waals surface area contributed by atoms with E-state index in [4.69, 9.17) is 0 Å². The van der Waals surface area contributed by atoms with Crippen molar-refractivity contribution in [1.82, 2.24) is 4.31 Å². The molecular weight excluding hydrogens is 352 g/mol. The second-order valence-corrected chi connectivity index (χ2v) is 8.36. The maximum atomic E-state index is 12.9. The number of phenolic OH excluding ortho intramolecular Hbond substituents is 1. The smallest absolute Gasteiger partial charge is 0.255 e. The molecule has 3 rings (SSSR count). The van der Waals surface area contributed by atoms with Crippen molar-refractivity contribution in [3.8, 4) is 5.75 Å². The SMILES string of the molecule is Cc1ccc(C(=O)Nc2cccc(O)c2)cc1S(=O)(=O)N1CCCCC1. The van der Waals surface area contributed by atoms with Crippen LogP contribution >= 0.6 is 0 Å². The summed E-state index contributed by atoms with van der Waals surface area (Å²) in [7, 11) is -3.61. The number of sulfonamides is 1. The lowest BCUT2D eigenvalue weighted by atomic mass is 10.1. The Bertz CT molecular complexity index is 919. The zero-order valence-corrected chi connectivity index (χ0v) is 15.4. The van der Waals surface area contributed by atoms with Crippen molar-refractivity contribution in [2.24, 2.45) is 0 Å². The third kappa shape index (κ3) is 3.89. The zero-order chi connectivity index (χ0) is 18.7. The van der Waals surface area contributed by atoms with E-state index >= 15 is 0 Å². The van der Waals surface area contributed by atoms with Gasteiger partial charge in [0.1, 0.15) is 5.75 Å². The van der Waals surface area contributed by atoms with Crippen LogP contribution in [0, 0.1) is 6.92 Å². The number of rotatable bonds is 4. The maximum Gasteiger partial charge on any atom is 0.255 e. The Hall–Kier alpha value is -2.38. The molecule has 0 aromatic heterocycles. The molecular formula is C19H22N2O4S. The van der Waals surface area contributed by atoms with Crippen molar-refractivity contribution in [2.45, 2.75) is 31.1 Å². The van der Waals surface area contributed by atoms with Gasteiger partial charge in [-0.2, -0.15) is 4.31 Å². The molecule has 0 atom stereocenters. The van der Waals surface area contributed by atoms with Gasteiger partial charge in [-0.25, -0.2) is 8.42 Å². The van der Waals surface area contributed by atoms with E-state index in [1.807, 2.05) is 0 Å². The number of aromatic hydroxyl groups is 1. The molecule has 0 saturated carbocycles. The van der Waals surface area contributed by atoms with Crippen LogP contribution < -0.4 is 5.32 Å². The lowest BCUT2D eigenvalue weighted by Gasteiger charge is -2.26. The average Bonchev–Trinajstić information content (AvgIpc) is 2.62. The van der Waals surface area contributed by atoms with Gasteiger partial charge in [0.25, 0.3) is 5.91 Å². The summed E-state index contributed by atoms with van der Waals surface area (Å²) >= 11 is 0. The second-order valence-electron chi connectivity index (χ2n) is 6.45. The van der Waals surface area contributed by atoms with Gasteiger partial charge in [-0.15, -0.1) is 0 Å². The number of hydrogen-bond acceptors (Lipinski definition) is 4. The Morgan fingerprint density at radius 1 is 1.08 bits per heavy atom. The summed E-state index contributed by atoms with van der Waals surface area (Å²) in [6.45, 7) is 2.76. The number of benzene rings is 2. The summed E-state index contributed by atoms with van der Waals surface area (Å²) in [5, 5.41) is 12.2. The van der Waals surface area contributed by atoms with Crippen molar-refractivity contribution < 1.29 is 18.3 Å². The fraction of sp³-hybridized carbons (Fsp3) is 0.316. The van der Waals surface area contributed by atoms with E-state index in [1.54, 1.807) is 31.2 Å². The van der Waals surface area contributed by atoms with Crippen LogP contribution in [0.25, 0.3) is 0 Å². The summed E-state index contributed by atoms with van der Waals surface area (Å²) in [5.41, 5.74) is 1.31. The van der Waals surface area contributed by atoms with Gasteiger partial charge in [0, 0.05) is 30.4 Å². The first-order valence-corrected chi connectivity index (χ1v) is 10.0. The molecule has 0 spiro atoms. The van der Waals surface area contributed by atoms with E-state index in [0.717, 1.165) is 19.3 Å². The van der Waals surface area contributed by atoms with Gasteiger partial charge in [-0.05, 0) is 49.6 Å². The molecule has 1 amide bonds. The molecule has 7 heteroatoms. The van der Waals surface area contributed by atoms with Gasteiger partial charge >= 0.3 is 0 Å². The minimum atomic E-state index is -3.61. The van der Waals surface area contributed by atoms with Crippen molar-refractivity contribution in [3.05, 3.63) is 53.6 Å². The minimum Gasteiger partial charge on any atom is -0.508 e. The zero-order valence-electron chi connectivity index (χ0n) is 14.6. The van der Waals surface area contributed by atoms with Crippen molar-refractivity contribution in [3.63, 3.8) is 0 Å². The van der Waals surface area contributed by atoms with Gasteiger partial charge in [0.2, 0.25) is 10.0 Å². The average molecular weight is 374 g/mol. The van der Waals surface area contributed by atoms with Crippen molar-refractivity contribution >= 4 is 21.6 Å². The normalized spacial score (nSPS) is 15.6. The fourth-order valence-electron chi connectivity index (χ4n) is 3.05. The highest BCUT2D eigenvalue weighted by Gasteiger charge is 2.28. The number of phenols is 1. The Morgan fingerprint density at radius 2 is 1.81 bits per heavy atom. The molecule has 1 aliphatic rings. The second kappa shape index (κ2) is 7.47. The molecule has 6 nitrogen and oxygen atoms in total. The lowest BCUT2D eigenvalue weighted by Crippen LogP contribution is -2.36. The molecule has 0 aliphatic carbocycles. The number of nitrogens with one attached hydrogen (secondary N) is 1. The lowest BCUT2D eigenvalue weighted by molar-refractivity contribution is 0.102. The number of aryl methyl sites for hydroxylation is 1. The van der Waals surface area contributed by atoms with Gasteiger partial charge in [0.15, 0.2) is 0 Å². The summed E-state index contributed by atoms with van der Waals surface area (Å²) in [6.07, 6.45) is 2.75. The molecule has 138 valence electrons. The maximum absolute atomic E-state index is 12.9. The van der Waals surface area contributed by atoms with Crippen LogP contribution in [0.15, 0.2) is 47.4 Å². The van der Waals surface area contributed by atoms with Crippen LogP contribution in [0.4, 0.5) is 5.69 Å². The summed E-state index contributed by atoms with van der Waals surface area (Å²) in [4.78, 5) is 12.7. The standard InChI is InChI=1S/C19H22N2O4S/c1-14-8-9-15(19(23)20-16-6-5-7-17(22)13-16)12-18(14)26(24,25)21-10-3-2-4-11-21/h5-9,12-13,22H,2-4,10-11H2,1H3,(H,20,23). The molecule has 2 aromatic rings. The predicted molar refractivity (Wildman–Crippen MR) is 99.8 cm³/mol. The molecule has 1 heterocycles. The molecule has 0 unspecified atom stereocenters. The third-order valence-corrected chi connectivity index (χ3v) is 6.53. The Labute approximate surface area is 153 Å². The van der Waals surface area contributed by atoms with E-state index in [1.165, 1.54) is 22.5 Å². The predicted octanol–water partition coefficient (Wildman–Crippen LogP) is 3.13. The summed E-state index contributed by atoms with van der Waals surface area (Å²) in [5.74, 6) is -0.384. The Kier molecular flexibility index (Phi) is 5.29. The highest BCUT2D eigenvalue weighted by molar-refractivity contribution is 7.89. The monoisotopic (exact) mass is 374 g/mol. The first-order chi connectivity index (χ1) is 12.4. The highest BCUT2D eigenvalue weighted by Crippen LogP contribution is 2.25. The van der Waals surface area contributed by atoms with Crippen molar-refractivity contribution in [1.29, 1.82) is 0 Å². The molecule has 0 bridgehead atoms. The molecule has 1 saturated heterocycles. The Balaban J connectivity index is 1.88. The van der Waals surface area contributed by atoms with E-state index in [-0.39, 0.29) is 16.2 Å². The van der Waals surface area contributed by atoms with E-state index in [2.05, 4.69) is 5.32 Å². The van der Waals surface area contributed by atoms with E-state index in [0.29, 0.717) is 24.3 Å².